The molecule has 1 amide bonds. The summed E-state index contributed by atoms with van der Waals surface area (Å²) in [5, 5.41) is 12.7. The van der Waals surface area contributed by atoms with Gasteiger partial charge >= 0.3 is 0 Å². The van der Waals surface area contributed by atoms with Crippen molar-refractivity contribution in [2.24, 2.45) is 17.6 Å². The van der Waals surface area contributed by atoms with Crippen LogP contribution in [0.5, 0.6) is 0 Å². The molecule has 2 aliphatic carbocycles. The molecule has 0 heterocycles. The summed E-state index contributed by atoms with van der Waals surface area (Å²) in [5.74, 6) is 1.13. The number of carbonyl (C=O) groups excluding carboxylic acids is 1. The van der Waals surface area contributed by atoms with Crippen LogP contribution >= 0.6 is 0 Å². The lowest BCUT2D eigenvalue weighted by molar-refractivity contribution is -0.124. The average molecular weight is 254 g/mol. The van der Waals surface area contributed by atoms with Crippen molar-refractivity contribution in [3.05, 3.63) is 0 Å². The third kappa shape index (κ3) is 3.45. The van der Waals surface area contributed by atoms with Crippen molar-refractivity contribution < 1.29 is 9.90 Å². The first-order valence-electron chi connectivity index (χ1n) is 7.22. The minimum absolute atomic E-state index is 0.00163. The monoisotopic (exact) mass is 254 g/mol. The van der Waals surface area contributed by atoms with Crippen molar-refractivity contribution in [1.82, 2.24) is 5.32 Å². The molecule has 0 aliphatic heterocycles. The molecule has 4 heteroatoms. The van der Waals surface area contributed by atoms with E-state index >= 15 is 0 Å². The van der Waals surface area contributed by atoms with E-state index in [0.717, 1.165) is 32.1 Å². The number of nitrogens with two attached hydrogens (primary N) is 1. The van der Waals surface area contributed by atoms with E-state index in [2.05, 4.69) is 12.2 Å². The lowest BCUT2D eigenvalue weighted by atomic mass is 9.76. The fourth-order valence-electron chi connectivity index (χ4n) is 3.21. The van der Waals surface area contributed by atoms with Crippen molar-refractivity contribution in [2.45, 2.75) is 63.5 Å². The maximum atomic E-state index is 12.0. The van der Waals surface area contributed by atoms with Crippen molar-refractivity contribution in [2.75, 3.05) is 6.61 Å². The van der Waals surface area contributed by atoms with Crippen LogP contribution in [0.1, 0.15) is 51.9 Å². The first kappa shape index (κ1) is 13.8. The molecule has 2 aliphatic rings. The van der Waals surface area contributed by atoms with Crippen LogP contribution in [-0.4, -0.2) is 29.2 Å². The highest BCUT2D eigenvalue weighted by atomic mass is 16.3. The molecule has 2 rings (SSSR count). The van der Waals surface area contributed by atoms with Gasteiger partial charge in [0.1, 0.15) is 0 Å². The molecule has 4 nitrogen and oxygen atoms in total. The maximum Gasteiger partial charge on any atom is 0.222 e. The normalized spacial score (nSPS) is 34.1. The Bertz CT molecular complexity index is 304. The van der Waals surface area contributed by atoms with Gasteiger partial charge in [0, 0.05) is 12.5 Å². The Balaban J connectivity index is 1.86. The van der Waals surface area contributed by atoms with Gasteiger partial charge < -0.3 is 16.2 Å². The van der Waals surface area contributed by atoms with Gasteiger partial charge in [-0.25, -0.2) is 0 Å². The number of amides is 1. The van der Waals surface area contributed by atoms with E-state index in [4.69, 9.17) is 5.73 Å². The standard InChI is InChI=1S/C14H26N2O2/c1-10-3-2-6-14(8-10,9-17)16-13(18)7-12(15)11-4-5-11/h10-12,17H,2-9,15H2,1H3,(H,16,18). The molecule has 2 fully saturated rings. The first-order chi connectivity index (χ1) is 8.54. The summed E-state index contributed by atoms with van der Waals surface area (Å²) in [7, 11) is 0. The molecule has 0 aromatic heterocycles. The highest BCUT2D eigenvalue weighted by molar-refractivity contribution is 5.77. The highest BCUT2D eigenvalue weighted by Gasteiger charge is 2.37. The van der Waals surface area contributed by atoms with E-state index in [9.17, 15) is 9.90 Å². The van der Waals surface area contributed by atoms with Gasteiger partial charge in [-0.3, -0.25) is 4.79 Å². The third-order valence-electron chi connectivity index (χ3n) is 4.45. The van der Waals surface area contributed by atoms with Crippen molar-refractivity contribution in [3.63, 3.8) is 0 Å². The zero-order valence-corrected chi connectivity index (χ0v) is 11.3. The van der Waals surface area contributed by atoms with Gasteiger partial charge in [0.05, 0.1) is 12.1 Å². The van der Waals surface area contributed by atoms with E-state index in [1.807, 2.05) is 0 Å². The summed E-state index contributed by atoms with van der Waals surface area (Å²) in [5.41, 5.74) is 5.58. The van der Waals surface area contributed by atoms with Crippen molar-refractivity contribution in [3.8, 4) is 0 Å². The number of hydrogen-bond donors (Lipinski definition) is 3. The molecule has 4 N–H and O–H groups in total. The molecule has 0 spiro atoms. The second-order valence-corrected chi connectivity index (χ2v) is 6.39. The molecule has 0 saturated heterocycles. The van der Waals surface area contributed by atoms with Gasteiger partial charge in [-0.2, -0.15) is 0 Å². The fraction of sp³-hybridized carbons (Fsp3) is 0.929. The van der Waals surface area contributed by atoms with Gasteiger partial charge in [-0.15, -0.1) is 0 Å². The average Bonchev–Trinajstić information content (AvgIpc) is 3.12. The second-order valence-electron chi connectivity index (χ2n) is 6.39. The number of aliphatic hydroxyl groups excluding tert-OH is 1. The highest BCUT2D eigenvalue weighted by Crippen LogP contribution is 2.34. The summed E-state index contributed by atoms with van der Waals surface area (Å²) in [6, 6.07) is 0.00163. The number of rotatable bonds is 5. The minimum atomic E-state index is -0.391. The molecule has 0 aromatic rings. The SMILES string of the molecule is CC1CCCC(CO)(NC(=O)CC(N)C2CC2)C1. The van der Waals surface area contributed by atoms with E-state index in [1.165, 1.54) is 6.42 Å². The number of hydrogen-bond acceptors (Lipinski definition) is 3. The van der Waals surface area contributed by atoms with Crippen LogP contribution in [-0.2, 0) is 4.79 Å². The molecule has 2 saturated carbocycles. The molecule has 0 radical (unpaired) electrons. The van der Waals surface area contributed by atoms with Crippen molar-refractivity contribution in [1.29, 1.82) is 0 Å². The lowest BCUT2D eigenvalue weighted by Gasteiger charge is -2.39. The molecule has 3 atom stereocenters. The molecule has 18 heavy (non-hydrogen) atoms. The predicted molar refractivity (Wildman–Crippen MR) is 70.9 cm³/mol. The lowest BCUT2D eigenvalue weighted by Crippen LogP contribution is -2.54. The van der Waals surface area contributed by atoms with Gasteiger partial charge in [0.15, 0.2) is 0 Å². The van der Waals surface area contributed by atoms with Gasteiger partial charge in [0.2, 0.25) is 5.91 Å². The third-order valence-corrected chi connectivity index (χ3v) is 4.45. The number of nitrogens with one attached hydrogen (secondary N) is 1. The van der Waals surface area contributed by atoms with Crippen LogP contribution in [0.4, 0.5) is 0 Å². The molecule has 0 bridgehead atoms. The molecular formula is C14H26N2O2. The summed E-state index contributed by atoms with van der Waals surface area (Å²) in [6.45, 7) is 2.23. The number of carbonyl (C=O) groups is 1. The summed E-state index contributed by atoms with van der Waals surface area (Å²) >= 11 is 0. The Morgan fingerprint density at radius 3 is 2.78 bits per heavy atom. The van der Waals surface area contributed by atoms with Crippen LogP contribution < -0.4 is 11.1 Å². The second kappa shape index (κ2) is 5.57. The summed E-state index contributed by atoms with van der Waals surface area (Å²) in [6.07, 6.45) is 6.77. The largest absolute Gasteiger partial charge is 0.394 e. The van der Waals surface area contributed by atoms with Gasteiger partial charge in [-0.05, 0) is 37.5 Å². The van der Waals surface area contributed by atoms with E-state index in [1.54, 1.807) is 0 Å². The Morgan fingerprint density at radius 1 is 1.50 bits per heavy atom. The molecule has 104 valence electrons. The zero-order chi connectivity index (χ0) is 13.2. The maximum absolute atomic E-state index is 12.0. The Labute approximate surface area is 109 Å². The number of aliphatic hydroxyl groups is 1. The van der Waals surface area contributed by atoms with Crippen LogP contribution in [0.3, 0.4) is 0 Å². The smallest absolute Gasteiger partial charge is 0.222 e. The van der Waals surface area contributed by atoms with Crippen LogP contribution in [0.2, 0.25) is 0 Å². The molecular weight excluding hydrogens is 228 g/mol. The Morgan fingerprint density at radius 2 is 2.22 bits per heavy atom. The Kier molecular flexibility index (Phi) is 4.28. The zero-order valence-electron chi connectivity index (χ0n) is 11.3. The van der Waals surface area contributed by atoms with Crippen LogP contribution in [0.25, 0.3) is 0 Å². The van der Waals surface area contributed by atoms with Gasteiger partial charge in [-0.1, -0.05) is 19.8 Å². The summed E-state index contributed by atoms with van der Waals surface area (Å²) in [4.78, 5) is 12.0. The van der Waals surface area contributed by atoms with Crippen molar-refractivity contribution >= 4 is 5.91 Å². The fourth-order valence-corrected chi connectivity index (χ4v) is 3.21. The Hall–Kier alpha value is -0.610. The topological polar surface area (TPSA) is 75.3 Å². The van der Waals surface area contributed by atoms with E-state index in [0.29, 0.717) is 18.3 Å². The summed E-state index contributed by atoms with van der Waals surface area (Å²) < 4.78 is 0. The van der Waals surface area contributed by atoms with E-state index in [-0.39, 0.29) is 18.6 Å². The quantitative estimate of drug-likeness (QED) is 0.689. The van der Waals surface area contributed by atoms with Crippen LogP contribution in [0.15, 0.2) is 0 Å². The molecule has 0 aromatic carbocycles. The minimum Gasteiger partial charge on any atom is -0.394 e. The van der Waals surface area contributed by atoms with E-state index < -0.39 is 5.54 Å². The molecule has 3 unspecified atom stereocenters. The van der Waals surface area contributed by atoms with Gasteiger partial charge in [0.25, 0.3) is 0 Å². The van der Waals surface area contributed by atoms with Crippen LogP contribution in [0, 0.1) is 11.8 Å². The predicted octanol–water partition coefficient (Wildman–Crippen LogP) is 1.17. The first-order valence-corrected chi connectivity index (χ1v) is 7.22.